The van der Waals surface area contributed by atoms with Crippen molar-refractivity contribution in [3.63, 3.8) is 0 Å². The Morgan fingerprint density at radius 3 is 2.05 bits per heavy atom. The molecule has 1 aliphatic rings. The number of halogens is 1. The minimum absolute atomic E-state index is 0. The van der Waals surface area contributed by atoms with Crippen molar-refractivity contribution >= 4 is 18.0 Å². The normalized spacial score (nSPS) is 18.1. The van der Waals surface area contributed by atoms with Gasteiger partial charge in [0.05, 0.1) is 0 Å². The number of aryl methyl sites for hydroxylation is 2. The Morgan fingerprint density at radius 2 is 1.50 bits per heavy atom. The van der Waals surface area contributed by atoms with Gasteiger partial charge in [-0.1, -0.05) is 54.6 Å². The quantitative estimate of drug-likeness (QED) is 0.799. The zero-order chi connectivity index (χ0) is 19.7. The molecule has 0 saturated carbocycles. The molecule has 0 aliphatic heterocycles. The molecule has 2 aromatic rings. The highest BCUT2D eigenvalue weighted by Gasteiger charge is 2.16. The summed E-state index contributed by atoms with van der Waals surface area (Å²) in [4.78, 5) is 0.617. The van der Waals surface area contributed by atoms with E-state index in [0.29, 0.717) is 11.3 Å². The van der Waals surface area contributed by atoms with Gasteiger partial charge in [0.2, 0.25) is 0 Å². The SMILES string of the molecule is Cl.[2H]C([2H])([2H])N(CCC=C1c2ccccc2CCc2ccccc21)C([2H])([2H])[2H]. The van der Waals surface area contributed by atoms with Crippen molar-refractivity contribution in [2.24, 2.45) is 0 Å². The van der Waals surface area contributed by atoms with E-state index < -0.39 is 14.0 Å². The summed E-state index contributed by atoms with van der Waals surface area (Å²) in [6.45, 7) is -5.35. The molecule has 0 radical (unpaired) electrons. The summed E-state index contributed by atoms with van der Waals surface area (Å²) < 4.78 is 45.1. The van der Waals surface area contributed by atoms with Crippen molar-refractivity contribution < 1.29 is 8.22 Å². The van der Waals surface area contributed by atoms with Gasteiger partial charge in [-0.2, -0.15) is 0 Å². The lowest BCUT2D eigenvalue weighted by Crippen LogP contribution is -2.12. The predicted octanol–water partition coefficient (Wildman–Crippen LogP) is 4.59. The number of hydrogen-bond donors (Lipinski definition) is 0. The van der Waals surface area contributed by atoms with Gasteiger partial charge in [0.1, 0.15) is 0 Å². The van der Waals surface area contributed by atoms with Crippen LogP contribution in [0.2, 0.25) is 0 Å². The topological polar surface area (TPSA) is 3.24 Å². The number of rotatable bonds is 3. The second kappa shape index (κ2) is 7.62. The second-order valence-corrected chi connectivity index (χ2v) is 5.37. The molecule has 2 heteroatoms. The molecule has 116 valence electrons. The molecule has 0 atom stereocenters. The first-order valence-corrected chi connectivity index (χ1v) is 7.32. The third-order valence-corrected chi connectivity index (χ3v) is 3.98. The van der Waals surface area contributed by atoms with Gasteiger partial charge < -0.3 is 4.90 Å². The van der Waals surface area contributed by atoms with E-state index in [1.807, 2.05) is 30.3 Å². The average molecular weight is 320 g/mol. The Bertz CT molecular complexity index is 778. The Kier molecular flexibility index (Phi) is 3.55. The summed E-state index contributed by atoms with van der Waals surface area (Å²) in [6, 6.07) is 16.4. The molecule has 0 N–H and O–H groups in total. The van der Waals surface area contributed by atoms with E-state index in [1.165, 1.54) is 11.1 Å². The Balaban J connectivity index is 0.00000280. The predicted molar refractivity (Wildman–Crippen MR) is 97.8 cm³/mol. The van der Waals surface area contributed by atoms with Gasteiger partial charge in [0.15, 0.2) is 0 Å². The maximum absolute atomic E-state index is 7.52. The molecule has 2 aromatic carbocycles. The molecular formula is C20H24ClN. The van der Waals surface area contributed by atoms with Gasteiger partial charge in [-0.3, -0.25) is 0 Å². The molecular weight excluding hydrogens is 290 g/mol. The summed E-state index contributed by atoms with van der Waals surface area (Å²) in [7, 11) is 0. The van der Waals surface area contributed by atoms with Gasteiger partial charge in [-0.15, -0.1) is 12.4 Å². The highest BCUT2D eigenvalue weighted by Crippen LogP contribution is 2.33. The second-order valence-electron chi connectivity index (χ2n) is 5.37. The van der Waals surface area contributed by atoms with Crippen LogP contribution >= 0.6 is 12.4 Å². The molecule has 0 amide bonds. The first kappa shape index (κ1) is 10.3. The first-order valence-electron chi connectivity index (χ1n) is 10.3. The zero-order valence-electron chi connectivity index (χ0n) is 18.4. The van der Waals surface area contributed by atoms with Crippen molar-refractivity contribution in [1.29, 1.82) is 0 Å². The number of benzene rings is 2. The van der Waals surface area contributed by atoms with Crippen LogP contribution in [-0.2, 0) is 12.8 Å². The van der Waals surface area contributed by atoms with Gasteiger partial charge >= 0.3 is 0 Å². The smallest absolute Gasteiger partial charge is 0.0394 e. The minimum atomic E-state index is -2.65. The third-order valence-electron chi connectivity index (χ3n) is 3.98. The van der Waals surface area contributed by atoms with E-state index in [9.17, 15) is 0 Å². The lowest BCUT2D eigenvalue weighted by atomic mass is 9.93. The summed E-state index contributed by atoms with van der Waals surface area (Å²) in [5, 5.41) is 0. The highest BCUT2D eigenvalue weighted by molar-refractivity contribution is 5.85. The monoisotopic (exact) mass is 319 g/mol. The van der Waals surface area contributed by atoms with E-state index in [4.69, 9.17) is 8.22 Å². The number of fused-ring (bicyclic) bond motifs is 2. The fourth-order valence-electron chi connectivity index (χ4n) is 2.97. The van der Waals surface area contributed by atoms with Crippen molar-refractivity contribution in [3.8, 4) is 0 Å². The lowest BCUT2D eigenvalue weighted by molar-refractivity contribution is 0.417. The van der Waals surface area contributed by atoms with E-state index in [1.54, 1.807) is 0 Å². The summed E-state index contributed by atoms with van der Waals surface area (Å²) in [5.41, 5.74) is 5.83. The van der Waals surface area contributed by atoms with Crippen molar-refractivity contribution in [2.45, 2.75) is 19.3 Å². The fourth-order valence-corrected chi connectivity index (χ4v) is 2.97. The van der Waals surface area contributed by atoms with E-state index in [-0.39, 0.29) is 19.0 Å². The molecule has 0 fully saturated rings. The minimum Gasteiger partial charge on any atom is -0.309 e. The van der Waals surface area contributed by atoms with Crippen LogP contribution in [0, 0.1) is 0 Å². The van der Waals surface area contributed by atoms with Crippen LogP contribution < -0.4 is 0 Å². The maximum atomic E-state index is 7.52. The Hall–Kier alpha value is -1.57. The van der Waals surface area contributed by atoms with Gasteiger partial charge in [0.25, 0.3) is 0 Å². The fraction of sp³-hybridized carbons (Fsp3) is 0.300. The highest BCUT2D eigenvalue weighted by atomic mass is 35.5. The molecule has 0 unspecified atom stereocenters. The van der Waals surface area contributed by atoms with Crippen LogP contribution in [0.5, 0.6) is 0 Å². The standard InChI is InChI=1S/C20H23N.ClH/c1-21(2)15-7-12-20-18-10-5-3-8-16(18)13-14-17-9-4-6-11-19(17)20;/h3-6,8-12H,7,13-15H2,1-2H3;1H/i1D3,2D3;. The lowest BCUT2D eigenvalue weighted by Gasteiger charge is -2.13. The van der Waals surface area contributed by atoms with Crippen LogP contribution in [0.4, 0.5) is 0 Å². The van der Waals surface area contributed by atoms with Crippen LogP contribution in [0.1, 0.15) is 36.9 Å². The molecule has 0 saturated heterocycles. The van der Waals surface area contributed by atoms with E-state index >= 15 is 0 Å². The molecule has 0 aromatic heterocycles. The van der Waals surface area contributed by atoms with Gasteiger partial charge in [0, 0.05) is 14.8 Å². The van der Waals surface area contributed by atoms with Gasteiger partial charge in [-0.25, -0.2) is 0 Å². The summed E-state index contributed by atoms with van der Waals surface area (Å²) in [5.74, 6) is 0. The molecule has 3 rings (SSSR count). The van der Waals surface area contributed by atoms with Crippen molar-refractivity contribution in [2.75, 3.05) is 20.5 Å². The molecule has 1 aliphatic carbocycles. The number of hydrogen-bond acceptors (Lipinski definition) is 1. The molecule has 0 heterocycles. The van der Waals surface area contributed by atoms with Crippen LogP contribution in [0.3, 0.4) is 0 Å². The number of nitrogens with zero attached hydrogens (tertiary/aromatic N) is 1. The van der Waals surface area contributed by atoms with Crippen LogP contribution in [0.15, 0.2) is 54.6 Å². The molecule has 0 spiro atoms. The largest absolute Gasteiger partial charge is 0.309 e. The van der Waals surface area contributed by atoms with E-state index in [2.05, 4.69) is 24.3 Å². The van der Waals surface area contributed by atoms with Crippen molar-refractivity contribution in [1.82, 2.24) is 4.90 Å². The Morgan fingerprint density at radius 1 is 0.955 bits per heavy atom. The summed E-state index contributed by atoms with van der Waals surface area (Å²) >= 11 is 0. The zero-order valence-corrected chi connectivity index (χ0v) is 13.2. The van der Waals surface area contributed by atoms with Crippen LogP contribution in [0.25, 0.3) is 5.57 Å². The maximum Gasteiger partial charge on any atom is 0.0394 e. The molecule has 1 nitrogen and oxygen atoms in total. The Labute approximate surface area is 148 Å². The van der Waals surface area contributed by atoms with Crippen molar-refractivity contribution in [3.05, 3.63) is 76.9 Å². The molecule has 0 bridgehead atoms. The van der Waals surface area contributed by atoms with Crippen LogP contribution in [-0.4, -0.2) is 25.4 Å². The third kappa shape index (κ3) is 3.60. The molecule has 22 heavy (non-hydrogen) atoms. The average Bonchev–Trinajstić information content (AvgIpc) is 2.74. The first-order chi connectivity index (χ1) is 12.7. The summed E-state index contributed by atoms with van der Waals surface area (Å²) in [6.07, 6.45) is 4.21. The van der Waals surface area contributed by atoms with E-state index in [0.717, 1.165) is 29.5 Å². The van der Waals surface area contributed by atoms with Gasteiger partial charge in [-0.05, 0) is 61.0 Å².